The van der Waals surface area contributed by atoms with Crippen LogP contribution in [0.2, 0.25) is 0 Å². The van der Waals surface area contributed by atoms with Gasteiger partial charge in [0.1, 0.15) is 0 Å². The molecule has 0 spiro atoms. The van der Waals surface area contributed by atoms with E-state index in [0.29, 0.717) is 0 Å². The van der Waals surface area contributed by atoms with Gasteiger partial charge in [-0.1, -0.05) is 0 Å². The summed E-state index contributed by atoms with van der Waals surface area (Å²) in [5.74, 6) is -14.2. The second kappa shape index (κ2) is 36.8. The lowest BCUT2D eigenvalue weighted by Gasteiger charge is -2.47. The lowest BCUT2D eigenvalue weighted by Crippen LogP contribution is -2.51. The lowest BCUT2D eigenvalue weighted by atomic mass is 9.55. The van der Waals surface area contributed by atoms with Gasteiger partial charge in [0.2, 0.25) is 0 Å². The first-order chi connectivity index (χ1) is 48.1. The van der Waals surface area contributed by atoms with Crippen molar-refractivity contribution in [1.29, 1.82) is 0 Å². The van der Waals surface area contributed by atoms with E-state index in [0.717, 1.165) is 92.4 Å². The Morgan fingerprint density at radius 2 is 0.198 bits per heavy atom. The maximum atomic E-state index is 14.9. The summed E-state index contributed by atoms with van der Waals surface area (Å²) in [5.41, 5.74) is -28.3. The van der Waals surface area contributed by atoms with Gasteiger partial charge in [-0.05, 0) is 208 Å². The standard InChI is InChI=1S/C76H124O30/c1-62(2,47(77)92-18)33-64(5,49(79)94-20)35-66(7,51(81)96-22)37-68(9,53(83)98-24)39-70(11,55(85)100-26)41-72(13,57(87)102-28)43-74(15,59(89)104-30)45-76(17,61(91)106-32)46-75(16,60(90)105-31)44-73(14,58(88)103-29)42-71(12,56(86)101-27)40-69(10,54(84)99-25)38-67(8,52(82)97-23)36-65(6,50(80)95-21)34-63(3,4)48(78)93-19/h33-46H2,1-32H3. The molecule has 30 heteroatoms. The fourth-order valence-corrected chi connectivity index (χ4v) is 18.9. The highest BCUT2D eigenvalue weighted by Gasteiger charge is 2.63. The summed E-state index contributed by atoms with van der Waals surface area (Å²) in [7, 11) is 16.1. The normalized spacial score (nSPS) is 19.1. The number of ether oxygens (including phenoxy) is 15. The second-order valence-electron chi connectivity index (χ2n) is 33.9. The highest BCUT2D eigenvalue weighted by atomic mass is 16.6. The molecule has 12 atom stereocenters. The van der Waals surface area contributed by atoms with E-state index >= 15 is 0 Å². The summed E-state index contributed by atoms with van der Waals surface area (Å²) in [5, 5.41) is 0. The summed E-state index contributed by atoms with van der Waals surface area (Å²) in [4.78, 5) is 216. The Morgan fingerprint density at radius 1 is 0.132 bits per heavy atom. The van der Waals surface area contributed by atoms with Gasteiger partial charge in [-0.25, -0.2) is 0 Å². The van der Waals surface area contributed by atoms with Gasteiger partial charge in [0, 0.05) is 0 Å². The Hall–Kier alpha value is -7.95. The Bertz CT molecular complexity index is 3040. The van der Waals surface area contributed by atoms with E-state index in [2.05, 4.69) is 0 Å². The largest absolute Gasteiger partial charge is 0.469 e. The summed E-state index contributed by atoms with van der Waals surface area (Å²) >= 11 is 0. The van der Waals surface area contributed by atoms with Crippen molar-refractivity contribution < 1.29 is 143 Å². The summed E-state index contributed by atoms with van der Waals surface area (Å²) in [6.07, 6.45) is -7.64. The van der Waals surface area contributed by atoms with Crippen molar-refractivity contribution in [3.63, 3.8) is 0 Å². The first-order valence-corrected chi connectivity index (χ1v) is 34.4. The van der Waals surface area contributed by atoms with Crippen molar-refractivity contribution in [2.45, 2.75) is 208 Å². The molecule has 0 bridgehead atoms. The van der Waals surface area contributed by atoms with Crippen molar-refractivity contribution in [3.05, 3.63) is 0 Å². The maximum absolute atomic E-state index is 14.9. The Kier molecular flexibility index (Phi) is 34.0. The van der Waals surface area contributed by atoms with Crippen LogP contribution >= 0.6 is 0 Å². The van der Waals surface area contributed by atoms with E-state index < -0.39 is 248 Å². The first kappa shape index (κ1) is 98.0. The first-order valence-electron chi connectivity index (χ1n) is 34.4. The van der Waals surface area contributed by atoms with Gasteiger partial charge in [-0.15, -0.1) is 0 Å². The third-order valence-electron chi connectivity index (χ3n) is 21.3. The monoisotopic (exact) mass is 1520 g/mol. The molecule has 0 amide bonds. The average molecular weight is 1520 g/mol. The highest BCUT2D eigenvalue weighted by molar-refractivity contribution is 5.89. The molecule has 0 aliphatic rings. The van der Waals surface area contributed by atoms with E-state index in [1.807, 2.05) is 0 Å². The Balaban J connectivity index is 8.94. The van der Waals surface area contributed by atoms with Crippen molar-refractivity contribution in [3.8, 4) is 0 Å². The molecule has 0 aromatic rings. The van der Waals surface area contributed by atoms with Crippen LogP contribution in [0.1, 0.15) is 208 Å². The summed E-state index contributed by atoms with van der Waals surface area (Å²) in [6.45, 7) is 24.1. The smallest absolute Gasteiger partial charge is 0.311 e. The quantitative estimate of drug-likeness (QED) is 0.0405. The molecular formula is C76H124O30. The maximum Gasteiger partial charge on any atom is 0.311 e. The van der Waals surface area contributed by atoms with E-state index in [1.54, 1.807) is 0 Å². The van der Waals surface area contributed by atoms with Crippen molar-refractivity contribution in [2.24, 2.45) is 81.2 Å². The Morgan fingerprint density at radius 3 is 0.264 bits per heavy atom. The predicted molar refractivity (Wildman–Crippen MR) is 378 cm³/mol. The molecule has 0 heterocycles. The van der Waals surface area contributed by atoms with Crippen LogP contribution in [0.4, 0.5) is 0 Å². The van der Waals surface area contributed by atoms with Crippen LogP contribution in [0.25, 0.3) is 0 Å². The van der Waals surface area contributed by atoms with Crippen LogP contribution < -0.4 is 0 Å². The van der Waals surface area contributed by atoms with Crippen molar-refractivity contribution in [2.75, 3.05) is 107 Å². The molecule has 0 rings (SSSR count). The molecule has 106 heavy (non-hydrogen) atoms. The molecule has 12 unspecified atom stereocenters. The van der Waals surface area contributed by atoms with E-state index in [4.69, 9.17) is 71.1 Å². The van der Waals surface area contributed by atoms with Gasteiger partial charge in [-0.2, -0.15) is 0 Å². The van der Waals surface area contributed by atoms with Gasteiger partial charge < -0.3 is 71.1 Å². The van der Waals surface area contributed by atoms with Gasteiger partial charge in [-0.3, -0.25) is 71.9 Å². The molecule has 0 saturated carbocycles. The average Bonchev–Trinajstić information content (AvgIpc) is 0.753. The van der Waals surface area contributed by atoms with Crippen molar-refractivity contribution >= 4 is 89.5 Å². The van der Waals surface area contributed by atoms with Crippen molar-refractivity contribution in [1.82, 2.24) is 0 Å². The molecule has 0 aliphatic heterocycles. The highest BCUT2D eigenvalue weighted by Crippen LogP contribution is 2.59. The van der Waals surface area contributed by atoms with Crippen LogP contribution in [0, 0.1) is 81.2 Å². The molecule has 608 valence electrons. The molecule has 0 fully saturated rings. The lowest BCUT2D eigenvalue weighted by molar-refractivity contribution is -0.176. The van der Waals surface area contributed by atoms with E-state index in [9.17, 15) is 71.9 Å². The van der Waals surface area contributed by atoms with Gasteiger partial charge >= 0.3 is 89.5 Å². The number of methoxy groups -OCH3 is 15. The molecule has 0 aromatic heterocycles. The molecule has 0 N–H and O–H groups in total. The van der Waals surface area contributed by atoms with Crippen LogP contribution in [0.15, 0.2) is 0 Å². The number of hydrogen-bond acceptors (Lipinski definition) is 30. The fourth-order valence-electron chi connectivity index (χ4n) is 18.9. The molecule has 0 aromatic carbocycles. The summed E-state index contributed by atoms with van der Waals surface area (Å²) in [6, 6.07) is 0. The minimum atomic E-state index is -2.11. The SMILES string of the molecule is COC(=O)C(C)(C)CC(C)(CC(C)(CC(C)(CC(C)(CC(C)(CC(C)(CC(C)(CC(C)(CC(C)(CC(C)(CC(C)(CC(C)(CC(C)(CC(C)(C)C(=O)OC)C(=O)OC)C(=O)OC)C(=O)OC)C(=O)OC)C(=O)OC)C(=O)OC)C(=O)OC)C(=O)OC)C(=O)OC)C(=O)OC)C(=O)OC)C(=O)OC)C(=O)OC. The third-order valence-corrected chi connectivity index (χ3v) is 21.3. The minimum Gasteiger partial charge on any atom is -0.469 e. The van der Waals surface area contributed by atoms with Gasteiger partial charge in [0.25, 0.3) is 0 Å². The van der Waals surface area contributed by atoms with Crippen LogP contribution in [0.5, 0.6) is 0 Å². The molecule has 0 saturated heterocycles. The number of carbonyl (C=O) groups excluding carboxylic acids is 15. The van der Waals surface area contributed by atoms with E-state index in [-0.39, 0.29) is 12.8 Å². The molecular weight excluding hydrogens is 1390 g/mol. The number of hydrogen-bond donors (Lipinski definition) is 0. The van der Waals surface area contributed by atoms with E-state index in [1.165, 1.54) is 132 Å². The number of carbonyl (C=O) groups is 15. The number of rotatable bonds is 43. The fraction of sp³-hybridized carbons (Fsp3) is 0.803. The zero-order chi connectivity index (χ0) is 83.7. The predicted octanol–water partition coefficient (Wildman–Crippen LogP) is 9.18. The minimum absolute atomic E-state index is 0.244. The Labute approximate surface area is 625 Å². The zero-order valence-corrected chi connectivity index (χ0v) is 69.1. The van der Waals surface area contributed by atoms with Gasteiger partial charge in [0.05, 0.1) is 188 Å². The molecule has 30 nitrogen and oxygen atoms in total. The molecule has 0 aliphatic carbocycles. The second-order valence-corrected chi connectivity index (χ2v) is 33.9. The molecule has 0 radical (unpaired) electrons. The topological polar surface area (TPSA) is 394 Å². The zero-order valence-electron chi connectivity index (χ0n) is 69.1. The summed E-state index contributed by atoms with van der Waals surface area (Å²) < 4.78 is 80.3. The van der Waals surface area contributed by atoms with Crippen LogP contribution in [0.3, 0.4) is 0 Å². The third kappa shape index (κ3) is 22.6. The van der Waals surface area contributed by atoms with Crippen LogP contribution in [-0.4, -0.2) is 196 Å². The van der Waals surface area contributed by atoms with Gasteiger partial charge in [0.15, 0.2) is 0 Å². The van der Waals surface area contributed by atoms with Crippen LogP contribution in [-0.2, 0) is 143 Å². The number of esters is 15.